The van der Waals surface area contributed by atoms with Crippen LogP contribution in [0.4, 0.5) is 0 Å². The third-order valence-corrected chi connectivity index (χ3v) is 5.71. The van der Waals surface area contributed by atoms with Crippen LogP contribution in [0.25, 0.3) is 0 Å². The Hall–Kier alpha value is -1.74. The number of hydrogen-bond acceptors (Lipinski definition) is 5. The minimum atomic E-state index is -3.66. The largest absolute Gasteiger partial charge is 0.351 e. The van der Waals surface area contributed by atoms with Crippen molar-refractivity contribution in [3.63, 3.8) is 0 Å². The van der Waals surface area contributed by atoms with E-state index in [1.54, 1.807) is 12.1 Å². The summed E-state index contributed by atoms with van der Waals surface area (Å²) in [6.07, 6.45) is 1.03. The van der Waals surface area contributed by atoms with Crippen molar-refractivity contribution in [2.45, 2.75) is 24.8 Å². The SMILES string of the molecule is CCCNCCNC(=O)c1cccc(S(=O)(=O)NCc2cccs2)c1. The van der Waals surface area contributed by atoms with Crippen LogP contribution in [0, 0.1) is 0 Å². The van der Waals surface area contributed by atoms with Gasteiger partial charge in [-0.25, -0.2) is 13.1 Å². The van der Waals surface area contributed by atoms with Crippen LogP contribution in [0.3, 0.4) is 0 Å². The van der Waals surface area contributed by atoms with Crippen LogP contribution in [-0.4, -0.2) is 34.0 Å². The van der Waals surface area contributed by atoms with E-state index in [9.17, 15) is 13.2 Å². The second-order valence-corrected chi connectivity index (χ2v) is 8.24. The standard InChI is InChI=1S/C17H23N3O3S2/c1-2-8-18-9-10-19-17(21)14-5-3-7-16(12-14)25(22,23)20-13-15-6-4-11-24-15/h3-7,11-12,18,20H,2,8-10,13H2,1H3,(H,19,21). The first-order valence-electron chi connectivity index (χ1n) is 8.14. The lowest BCUT2D eigenvalue weighted by atomic mass is 10.2. The number of amides is 1. The Bertz CT molecular complexity index is 774. The topological polar surface area (TPSA) is 87.3 Å². The summed E-state index contributed by atoms with van der Waals surface area (Å²) in [6.45, 7) is 4.38. The average molecular weight is 382 g/mol. The highest BCUT2D eigenvalue weighted by atomic mass is 32.2. The summed E-state index contributed by atoms with van der Waals surface area (Å²) in [4.78, 5) is 13.2. The summed E-state index contributed by atoms with van der Waals surface area (Å²) in [5.41, 5.74) is 0.328. The maximum absolute atomic E-state index is 12.4. The summed E-state index contributed by atoms with van der Waals surface area (Å²) in [5, 5.41) is 7.86. The van der Waals surface area contributed by atoms with Crippen LogP contribution >= 0.6 is 11.3 Å². The maximum Gasteiger partial charge on any atom is 0.251 e. The van der Waals surface area contributed by atoms with Gasteiger partial charge in [0.05, 0.1) is 4.90 Å². The molecule has 8 heteroatoms. The Kier molecular flexibility index (Phi) is 7.57. The van der Waals surface area contributed by atoms with Crippen molar-refractivity contribution >= 4 is 27.3 Å². The van der Waals surface area contributed by atoms with Crippen LogP contribution in [-0.2, 0) is 16.6 Å². The number of rotatable bonds is 10. The Labute approximate surface area is 152 Å². The van der Waals surface area contributed by atoms with Gasteiger partial charge < -0.3 is 10.6 Å². The van der Waals surface area contributed by atoms with E-state index in [0.717, 1.165) is 17.8 Å². The Morgan fingerprint density at radius 1 is 1.12 bits per heavy atom. The molecule has 136 valence electrons. The smallest absolute Gasteiger partial charge is 0.251 e. The fraction of sp³-hybridized carbons (Fsp3) is 0.353. The zero-order valence-electron chi connectivity index (χ0n) is 14.1. The number of hydrogen-bond donors (Lipinski definition) is 3. The van der Waals surface area contributed by atoms with Crippen LogP contribution in [0.5, 0.6) is 0 Å². The normalized spacial score (nSPS) is 11.4. The lowest BCUT2D eigenvalue weighted by Crippen LogP contribution is -2.32. The lowest BCUT2D eigenvalue weighted by Gasteiger charge is -2.09. The summed E-state index contributed by atoms with van der Waals surface area (Å²) in [7, 11) is -3.66. The molecule has 1 aromatic heterocycles. The van der Waals surface area contributed by atoms with E-state index in [2.05, 4.69) is 22.3 Å². The Morgan fingerprint density at radius 3 is 2.68 bits per heavy atom. The van der Waals surface area contributed by atoms with Crippen LogP contribution in [0.2, 0.25) is 0 Å². The van der Waals surface area contributed by atoms with Gasteiger partial charge in [-0.2, -0.15) is 0 Å². The van der Waals surface area contributed by atoms with Crippen LogP contribution in [0.15, 0.2) is 46.7 Å². The summed E-state index contributed by atoms with van der Waals surface area (Å²) < 4.78 is 27.3. The van der Waals surface area contributed by atoms with Crippen LogP contribution in [0.1, 0.15) is 28.6 Å². The van der Waals surface area contributed by atoms with Crippen molar-refractivity contribution in [2.75, 3.05) is 19.6 Å². The van der Waals surface area contributed by atoms with Gasteiger partial charge in [-0.1, -0.05) is 19.1 Å². The lowest BCUT2D eigenvalue weighted by molar-refractivity contribution is 0.0953. The first-order valence-corrected chi connectivity index (χ1v) is 10.5. The quantitative estimate of drug-likeness (QED) is 0.549. The van der Waals surface area contributed by atoms with Crippen LogP contribution < -0.4 is 15.4 Å². The zero-order valence-corrected chi connectivity index (χ0v) is 15.8. The van der Waals surface area contributed by atoms with E-state index in [-0.39, 0.29) is 17.3 Å². The number of benzene rings is 1. The highest BCUT2D eigenvalue weighted by molar-refractivity contribution is 7.89. The number of nitrogens with one attached hydrogen (secondary N) is 3. The second kappa shape index (κ2) is 9.67. The molecule has 1 aromatic carbocycles. The van der Waals surface area contributed by atoms with Crippen molar-refractivity contribution in [3.05, 3.63) is 52.2 Å². The van der Waals surface area contributed by atoms with Crippen molar-refractivity contribution in [3.8, 4) is 0 Å². The van der Waals surface area contributed by atoms with E-state index >= 15 is 0 Å². The zero-order chi connectivity index (χ0) is 18.1. The molecule has 2 aromatic rings. The number of carbonyl (C=O) groups excluding carboxylic acids is 1. The van der Waals surface area contributed by atoms with Crippen molar-refractivity contribution in [1.82, 2.24) is 15.4 Å². The van der Waals surface area contributed by atoms with E-state index in [1.165, 1.54) is 23.5 Å². The van der Waals surface area contributed by atoms with Gasteiger partial charge in [-0.3, -0.25) is 4.79 Å². The number of sulfonamides is 1. The van der Waals surface area contributed by atoms with Gasteiger partial charge in [0.2, 0.25) is 10.0 Å². The van der Waals surface area contributed by atoms with Gasteiger partial charge in [-0.05, 0) is 42.6 Å². The fourth-order valence-corrected chi connectivity index (χ4v) is 3.92. The molecule has 1 amide bonds. The molecule has 0 fully saturated rings. The summed E-state index contributed by atoms with van der Waals surface area (Å²) in [5.74, 6) is -0.284. The molecule has 0 bridgehead atoms. The molecule has 0 aliphatic heterocycles. The molecule has 3 N–H and O–H groups in total. The number of carbonyl (C=O) groups is 1. The first kappa shape index (κ1) is 19.6. The van der Waals surface area contributed by atoms with Crippen molar-refractivity contribution in [1.29, 1.82) is 0 Å². The molecule has 0 saturated carbocycles. The van der Waals surface area contributed by atoms with E-state index in [1.807, 2.05) is 17.5 Å². The molecule has 0 unspecified atom stereocenters. The third-order valence-electron chi connectivity index (χ3n) is 3.44. The average Bonchev–Trinajstić information content (AvgIpc) is 3.13. The minimum absolute atomic E-state index is 0.0841. The molecule has 1 heterocycles. The first-order chi connectivity index (χ1) is 12.0. The van der Waals surface area contributed by atoms with Gasteiger partial charge >= 0.3 is 0 Å². The molecular weight excluding hydrogens is 358 g/mol. The van der Waals surface area contributed by atoms with E-state index < -0.39 is 10.0 Å². The minimum Gasteiger partial charge on any atom is -0.351 e. The molecule has 0 aliphatic carbocycles. The van der Waals surface area contributed by atoms with Gasteiger partial charge in [-0.15, -0.1) is 11.3 Å². The monoisotopic (exact) mass is 381 g/mol. The Morgan fingerprint density at radius 2 is 1.96 bits per heavy atom. The highest BCUT2D eigenvalue weighted by Crippen LogP contribution is 2.14. The Balaban J connectivity index is 1.95. The fourth-order valence-electron chi connectivity index (χ4n) is 2.14. The van der Waals surface area contributed by atoms with Gasteiger partial charge in [0.25, 0.3) is 5.91 Å². The van der Waals surface area contributed by atoms with E-state index in [0.29, 0.717) is 18.7 Å². The molecule has 0 radical (unpaired) electrons. The molecule has 0 saturated heterocycles. The molecule has 2 rings (SSSR count). The van der Waals surface area contributed by atoms with Gasteiger partial charge in [0.15, 0.2) is 0 Å². The summed E-state index contributed by atoms with van der Waals surface area (Å²) >= 11 is 1.48. The van der Waals surface area contributed by atoms with Crippen molar-refractivity contribution < 1.29 is 13.2 Å². The molecule has 25 heavy (non-hydrogen) atoms. The molecule has 0 spiro atoms. The predicted octanol–water partition coefficient (Wildman–Crippen LogP) is 1.96. The molecule has 0 atom stereocenters. The second-order valence-electron chi connectivity index (χ2n) is 5.44. The summed E-state index contributed by atoms with van der Waals surface area (Å²) in [6, 6.07) is 9.79. The maximum atomic E-state index is 12.4. The number of thiophene rings is 1. The third kappa shape index (κ3) is 6.24. The van der Waals surface area contributed by atoms with Gasteiger partial charge in [0, 0.05) is 30.1 Å². The highest BCUT2D eigenvalue weighted by Gasteiger charge is 2.16. The molecule has 0 aliphatic rings. The molecular formula is C17H23N3O3S2. The van der Waals surface area contributed by atoms with Crippen molar-refractivity contribution in [2.24, 2.45) is 0 Å². The predicted molar refractivity (Wildman–Crippen MR) is 100 cm³/mol. The van der Waals surface area contributed by atoms with Gasteiger partial charge in [0.1, 0.15) is 0 Å². The molecule has 6 nitrogen and oxygen atoms in total. The van der Waals surface area contributed by atoms with E-state index in [4.69, 9.17) is 0 Å².